The van der Waals surface area contributed by atoms with Crippen LogP contribution in [0, 0.1) is 0 Å². The van der Waals surface area contributed by atoms with E-state index in [1.54, 1.807) is 36.5 Å². The van der Waals surface area contributed by atoms with Gasteiger partial charge in [-0.25, -0.2) is 4.98 Å². The number of nitrogens with one attached hydrogen (secondary N) is 1. The van der Waals surface area contributed by atoms with Crippen molar-refractivity contribution in [2.75, 3.05) is 11.9 Å². The number of rotatable bonds is 7. The number of hydrogen-bond donors (Lipinski definition) is 2. The Morgan fingerprint density at radius 1 is 1.13 bits per heavy atom. The molecule has 5 nitrogen and oxygen atoms in total. The van der Waals surface area contributed by atoms with Crippen molar-refractivity contribution in [2.45, 2.75) is 16.8 Å². The largest absolute Gasteiger partial charge is 0.467 e. The maximum atomic E-state index is 9.50. The van der Waals surface area contributed by atoms with Gasteiger partial charge in [0.2, 0.25) is 0 Å². The second-order valence-corrected chi connectivity index (χ2v) is 5.91. The fraction of sp³-hybridized carbons (Fsp3) is 0.176. The first-order valence-corrected chi connectivity index (χ1v) is 8.23. The number of benzene rings is 1. The number of aliphatic hydroxyl groups is 1. The van der Waals surface area contributed by atoms with Gasteiger partial charge in [0.05, 0.1) is 25.3 Å². The molecule has 0 aliphatic heterocycles. The summed E-state index contributed by atoms with van der Waals surface area (Å²) in [4.78, 5) is 8.73. The number of anilines is 1. The molecule has 6 heteroatoms. The van der Waals surface area contributed by atoms with Gasteiger partial charge in [0.15, 0.2) is 0 Å². The molecule has 23 heavy (non-hydrogen) atoms. The minimum atomic E-state index is -0.339. The van der Waals surface area contributed by atoms with Gasteiger partial charge in [0, 0.05) is 5.75 Å². The number of furan rings is 1. The van der Waals surface area contributed by atoms with Gasteiger partial charge in [-0.1, -0.05) is 30.3 Å². The maximum absolute atomic E-state index is 9.50. The van der Waals surface area contributed by atoms with E-state index >= 15 is 0 Å². The minimum Gasteiger partial charge on any atom is -0.467 e. The summed E-state index contributed by atoms with van der Waals surface area (Å²) in [5, 5.41) is 13.5. The van der Waals surface area contributed by atoms with Crippen molar-refractivity contribution in [1.82, 2.24) is 9.97 Å². The molecule has 0 unspecified atom stereocenters. The highest BCUT2D eigenvalue weighted by Gasteiger charge is 2.14. The lowest BCUT2D eigenvalue weighted by Crippen LogP contribution is -2.15. The predicted molar refractivity (Wildman–Crippen MR) is 90.2 cm³/mol. The minimum absolute atomic E-state index is 0.0867. The third-order valence-corrected chi connectivity index (χ3v) is 4.20. The standard InChI is InChI=1S/C17H17N3O2S/c21-11-14(15-7-4-8-22-15)19-16-9-18-10-17(20-16)23-12-13-5-2-1-3-6-13/h1-10,14,21H,11-12H2,(H,19,20)/t14-/m1/s1. The first-order valence-electron chi connectivity index (χ1n) is 7.24. The molecule has 2 N–H and O–H groups in total. The SMILES string of the molecule is OC[C@@H](Nc1cncc(SCc2ccccc2)n1)c1ccco1. The quantitative estimate of drug-likeness (QED) is 0.647. The molecule has 0 bridgehead atoms. The molecule has 2 aromatic heterocycles. The Hall–Kier alpha value is -2.31. The van der Waals surface area contributed by atoms with Gasteiger partial charge in [-0.05, 0) is 17.7 Å². The van der Waals surface area contributed by atoms with Crippen molar-refractivity contribution in [3.8, 4) is 0 Å². The highest BCUT2D eigenvalue weighted by atomic mass is 32.2. The van der Waals surface area contributed by atoms with Gasteiger partial charge in [-0.3, -0.25) is 4.98 Å². The smallest absolute Gasteiger partial charge is 0.146 e. The van der Waals surface area contributed by atoms with Crippen LogP contribution in [-0.4, -0.2) is 21.7 Å². The number of aliphatic hydroxyl groups excluding tert-OH is 1. The summed E-state index contributed by atoms with van der Waals surface area (Å²) in [6, 6.07) is 13.5. The zero-order valence-electron chi connectivity index (χ0n) is 12.4. The van der Waals surface area contributed by atoms with Crippen LogP contribution in [0.15, 0.2) is 70.6 Å². The Morgan fingerprint density at radius 2 is 2.00 bits per heavy atom. The van der Waals surface area contributed by atoms with Gasteiger partial charge in [0.25, 0.3) is 0 Å². The van der Waals surface area contributed by atoms with Gasteiger partial charge in [-0.15, -0.1) is 11.8 Å². The van der Waals surface area contributed by atoms with E-state index < -0.39 is 0 Å². The average Bonchev–Trinajstić information content (AvgIpc) is 3.14. The summed E-state index contributed by atoms with van der Waals surface area (Å²) >= 11 is 1.62. The summed E-state index contributed by atoms with van der Waals surface area (Å²) in [7, 11) is 0. The Balaban J connectivity index is 1.65. The molecule has 0 spiro atoms. The van der Waals surface area contributed by atoms with Crippen LogP contribution in [0.2, 0.25) is 0 Å². The van der Waals surface area contributed by atoms with E-state index in [4.69, 9.17) is 4.42 Å². The molecule has 2 heterocycles. The molecule has 1 atom stereocenters. The van der Waals surface area contributed by atoms with Crippen LogP contribution in [0.3, 0.4) is 0 Å². The number of aromatic nitrogens is 2. The summed E-state index contributed by atoms with van der Waals surface area (Å²) in [6.45, 7) is -0.0867. The summed E-state index contributed by atoms with van der Waals surface area (Å²) < 4.78 is 5.32. The summed E-state index contributed by atoms with van der Waals surface area (Å²) in [5.41, 5.74) is 1.24. The van der Waals surface area contributed by atoms with E-state index in [0.29, 0.717) is 11.6 Å². The van der Waals surface area contributed by atoms with Gasteiger partial charge >= 0.3 is 0 Å². The topological polar surface area (TPSA) is 71.2 Å². The molecule has 0 aliphatic carbocycles. The van der Waals surface area contributed by atoms with Crippen molar-refractivity contribution in [2.24, 2.45) is 0 Å². The molecule has 0 amide bonds. The van der Waals surface area contributed by atoms with Crippen LogP contribution >= 0.6 is 11.8 Å². The van der Waals surface area contributed by atoms with E-state index in [1.807, 2.05) is 24.3 Å². The molecule has 0 fully saturated rings. The van der Waals surface area contributed by atoms with E-state index in [0.717, 1.165) is 10.8 Å². The summed E-state index contributed by atoms with van der Waals surface area (Å²) in [6.07, 6.45) is 4.95. The lowest BCUT2D eigenvalue weighted by atomic mass is 10.2. The van der Waals surface area contributed by atoms with Crippen molar-refractivity contribution in [3.63, 3.8) is 0 Å². The fourth-order valence-corrected chi connectivity index (χ4v) is 2.90. The molecule has 3 aromatic rings. The third kappa shape index (κ3) is 4.34. The van der Waals surface area contributed by atoms with Crippen LogP contribution in [0.1, 0.15) is 17.4 Å². The van der Waals surface area contributed by atoms with E-state index in [1.165, 1.54) is 5.56 Å². The van der Waals surface area contributed by atoms with Crippen LogP contribution in [0.25, 0.3) is 0 Å². The highest BCUT2D eigenvalue weighted by molar-refractivity contribution is 7.98. The van der Waals surface area contributed by atoms with Crippen LogP contribution in [0.5, 0.6) is 0 Å². The number of thioether (sulfide) groups is 1. The Labute approximate surface area is 138 Å². The van der Waals surface area contributed by atoms with Crippen LogP contribution in [-0.2, 0) is 5.75 Å². The van der Waals surface area contributed by atoms with Crippen molar-refractivity contribution < 1.29 is 9.52 Å². The Morgan fingerprint density at radius 3 is 2.74 bits per heavy atom. The van der Waals surface area contributed by atoms with Gasteiger partial charge in [0.1, 0.15) is 22.6 Å². The zero-order valence-corrected chi connectivity index (χ0v) is 13.2. The molecule has 1 aromatic carbocycles. The lowest BCUT2D eigenvalue weighted by Gasteiger charge is -2.14. The van der Waals surface area contributed by atoms with Crippen LogP contribution in [0.4, 0.5) is 5.82 Å². The molecule has 118 valence electrons. The fourth-order valence-electron chi connectivity index (χ4n) is 2.09. The second-order valence-electron chi connectivity index (χ2n) is 4.91. The van der Waals surface area contributed by atoms with E-state index in [9.17, 15) is 5.11 Å². The monoisotopic (exact) mass is 327 g/mol. The first kappa shape index (κ1) is 15.6. The zero-order chi connectivity index (χ0) is 15.9. The first-order chi connectivity index (χ1) is 11.3. The Kier molecular flexibility index (Phi) is 5.29. The van der Waals surface area contributed by atoms with Gasteiger partial charge in [-0.2, -0.15) is 0 Å². The molecular formula is C17H17N3O2S. The molecule has 0 radical (unpaired) electrons. The normalized spacial score (nSPS) is 12.0. The van der Waals surface area contributed by atoms with Crippen molar-refractivity contribution in [3.05, 3.63) is 72.4 Å². The van der Waals surface area contributed by atoms with E-state index in [2.05, 4.69) is 27.4 Å². The Bertz CT molecular complexity index is 720. The van der Waals surface area contributed by atoms with Gasteiger partial charge < -0.3 is 14.8 Å². The predicted octanol–water partition coefficient (Wildman–Crippen LogP) is 3.51. The third-order valence-electron chi connectivity index (χ3n) is 3.23. The van der Waals surface area contributed by atoms with Crippen molar-refractivity contribution >= 4 is 17.6 Å². The van der Waals surface area contributed by atoms with E-state index in [-0.39, 0.29) is 12.6 Å². The molecule has 0 saturated heterocycles. The molecular weight excluding hydrogens is 310 g/mol. The molecule has 0 aliphatic rings. The van der Waals surface area contributed by atoms with Crippen LogP contribution < -0.4 is 5.32 Å². The molecule has 3 rings (SSSR count). The molecule has 0 saturated carbocycles. The number of nitrogens with zero attached hydrogens (tertiary/aromatic N) is 2. The maximum Gasteiger partial charge on any atom is 0.146 e. The highest BCUT2D eigenvalue weighted by Crippen LogP contribution is 2.23. The average molecular weight is 327 g/mol. The second kappa shape index (κ2) is 7.80. The number of hydrogen-bond acceptors (Lipinski definition) is 6. The summed E-state index contributed by atoms with van der Waals surface area (Å²) in [5.74, 6) is 2.11. The van der Waals surface area contributed by atoms with Crippen molar-refractivity contribution in [1.29, 1.82) is 0 Å². The lowest BCUT2D eigenvalue weighted by molar-refractivity contribution is 0.261.